The third-order valence-electron chi connectivity index (χ3n) is 2.20. The van der Waals surface area contributed by atoms with Gasteiger partial charge in [-0.25, -0.2) is 4.79 Å². The van der Waals surface area contributed by atoms with Crippen LogP contribution in [0, 0.1) is 0 Å². The van der Waals surface area contributed by atoms with Gasteiger partial charge in [0.05, 0.1) is 13.7 Å². The van der Waals surface area contributed by atoms with Gasteiger partial charge < -0.3 is 14.8 Å². The number of esters is 1. The van der Waals surface area contributed by atoms with Gasteiger partial charge in [-0.2, -0.15) is 0 Å². The van der Waals surface area contributed by atoms with Crippen LogP contribution >= 0.6 is 12.4 Å². The summed E-state index contributed by atoms with van der Waals surface area (Å²) in [6, 6.07) is 0. The van der Waals surface area contributed by atoms with Gasteiger partial charge in [-0.05, 0) is 6.42 Å². The molecule has 1 atom stereocenters. The summed E-state index contributed by atoms with van der Waals surface area (Å²) in [6.45, 7) is 3.85. The second kappa shape index (κ2) is 5.42. The minimum Gasteiger partial charge on any atom is -0.467 e. The van der Waals surface area contributed by atoms with Crippen molar-refractivity contribution < 1.29 is 14.3 Å². The van der Waals surface area contributed by atoms with Gasteiger partial charge >= 0.3 is 5.97 Å². The summed E-state index contributed by atoms with van der Waals surface area (Å²) >= 11 is 0. The molecule has 1 N–H and O–H groups in total. The van der Waals surface area contributed by atoms with E-state index in [2.05, 4.69) is 10.1 Å². The molecule has 0 aromatic rings. The molecular weight excluding hydrogens is 194 g/mol. The quantitative estimate of drug-likeness (QED) is 0.667. The molecule has 0 radical (unpaired) electrons. The summed E-state index contributed by atoms with van der Waals surface area (Å²) in [4.78, 5) is 11.3. The first-order valence-electron chi connectivity index (χ1n) is 4.18. The average molecular weight is 210 g/mol. The molecular formula is C8H16ClNO3. The number of hydrogen-bond donors (Lipinski definition) is 1. The van der Waals surface area contributed by atoms with Crippen LogP contribution in [0.2, 0.25) is 0 Å². The lowest BCUT2D eigenvalue weighted by Gasteiger charge is -2.33. The normalized spacial score (nSPS) is 27.5. The topological polar surface area (TPSA) is 47.6 Å². The van der Waals surface area contributed by atoms with Gasteiger partial charge in [-0.3, -0.25) is 0 Å². The zero-order valence-electron chi connectivity index (χ0n) is 7.96. The van der Waals surface area contributed by atoms with Crippen molar-refractivity contribution in [2.24, 2.45) is 0 Å². The molecule has 4 nitrogen and oxygen atoms in total. The number of methoxy groups -OCH3 is 1. The molecule has 0 bridgehead atoms. The molecule has 1 unspecified atom stereocenters. The van der Waals surface area contributed by atoms with E-state index in [9.17, 15) is 4.79 Å². The number of carbonyl (C=O) groups is 1. The van der Waals surface area contributed by atoms with Crippen molar-refractivity contribution in [3.8, 4) is 0 Å². The molecule has 0 aromatic heterocycles. The minimum atomic E-state index is -0.743. The maximum atomic E-state index is 11.3. The number of halogens is 1. The van der Waals surface area contributed by atoms with E-state index in [4.69, 9.17) is 4.74 Å². The van der Waals surface area contributed by atoms with Crippen molar-refractivity contribution in [1.82, 2.24) is 5.32 Å². The summed E-state index contributed by atoms with van der Waals surface area (Å²) in [5.41, 5.74) is -0.743. The standard InChI is InChI=1S/C8H15NO3.ClH/c1-3-8(7(10)11-2)6-9-4-5-12-8;/h9H,3-6H2,1-2H3;1H. The highest BCUT2D eigenvalue weighted by molar-refractivity contribution is 5.85. The van der Waals surface area contributed by atoms with Crippen LogP contribution in [-0.2, 0) is 14.3 Å². The molecule has 1 heterocycles. The number of morpholine rings is 1. The predicted octanol–water partition coefficient (Wildman–Crippen LogP) is 0.350. The van der Waals surface area contributed by atoms with E-state index in [0.717, 1.165) is 6.54 Å². The van der Waals surface area contributed by atoms with Crippen LogP contribution in [0.3, 0.4) is 0 Å². The largest absolute Gasteiger partial charge is 0.467 e. The van der Waals surface area contributed by atoms with E-state index in [1.165, 1.54) is 7.11 Å². The van der Waals surface area contributed by atoms with E-state index in [0.29, 0.717) is 19.6 Å². The number of ether oxygens (including phenoxy) is 2. The van der Waals surface area contributed by atoms with Gasteiger partial charge in [0.2, 0.25) is 0 Å². The van der Waals surface area contributed by atoms with Crippen LogP contribution < -0.4 is 5.32 Å². The predicted molar refractivity (Wildman–Crippen MR) is 51.1 cm³/mol. The molecule has 0 spiro atoms. The number of hydrogen-bond acceptors (Lipinski definition) is 4. The van der Waals surface area contributed by atoms with Gasteiger partial charge in [0.25, 0.3) is 0 Å². The Labute approximate surface area is 84.4 Å². The van der Waals surface area contributed by atoms with Crippen LogP contribution in [0.25, 0.3) is 0 Å². The summed E-state index contributed by atoms with van der Waals surface area (Å²) in [5, 5.41) is 3.12. The third-order valence-corrected chi connectivity index (χ3v) is 2.20. The molecule has 0 aromatic carbocycles. The Bertz CT molecular complexity index is 169. The van der Waals surface area contributed by atoms with E-state index < -0.39 is 5.60 Å². The van der Waals surface area contributed by atoms with E-state index in [-0.39, 0.29) is 18.4 Å². The summed E-state index contributed by atoms with van der Waals surface area (Å²) < 4.78 is 10.1. The number of rotatable bonds is 2. The smallest absolute Gasteiger partial charge is 0.339 e. The van der Waals surface area contributed by atoms with Crippen LogP contribution in [0.1, 0.15) is 13.3 Å². The Morgan fingerprint density at radius 1 is 1.69 bits per heavy atom. The molecule has 5 heteroatoms. The molecule has 1 fully saturated rings. The maximum absolute atomic E-state index is 11.3. The van der Waals surface area contributed by atoms with E-state index >= 15 is 0 Å². The number of carbonyl (C=O) groups excluding carboxylic acids is 1. The second-order valence-electron chi connectivity index (χ2n) is 2.86. The van der Waals surface area contributed by atoms with E-state index in [1.54, 1.807) is 0 Å². The highest BCUT2D eigenvalue weighted by Gasteiger charge is 2.40. The van der Waals surface area contributed by atoms with Crippen molar-refractivity contribution >= 4 is 18.4 Å². The second-order valence-corrected chi connectivity index (χ2v) is 2.86. The first-order chi connectivity index (χ1) is 5.75. The minimum absolute atomic E-state index is 0. The van der Waals surface area contributed by atoms with Crippen LogP contribution in [0.5, 0.6) is 0 Å². The lowest BCUT2D eigenvalue weighted by molar-refractivity contribution is -0.173. The molecule has 0 saturated carbocycles. The number of nitrogens with one attached hydrogen (secondary N) is 1. The van der Waals surface area contributed by atoms with Crippen molar-refractivity contribution in [3.05, 3.63) is 0 Å². The molecule has 0 amide bonds. The van der Waals surface area contributed by atoms with Crippen LogP contribution in [-0.4, -0.2) is 38.4 Å². The molecule has 78 valence electrons. The summed E-state index contributed by atoms with van der Waals surface area (Å²) in [5.74, 6) is -0.280. The zero-order chi connectivity index (χ0) is 9.03. The fourth-order valence-corrected chi connectivity index (χ4v) is 1.35. The fraction of sp³-hybridized carbons (Fsp3) is 0.875. The molecule has 13 heavy (non-hydrogen) atoms. The van der Waals surface area contributed by atoms with Gasteiger partial charge in [-0.1, -0.05) is 6.92 Å². The SMILES string of the molecule is CCC1(C(=O)OC)CNCCO1.Cl. The molecule has 0 aliphatic carbocycles. The van der Waals surface area contributed by atoms with Crippen molar-refractivity contribution in [2.75, 3.05) is 26.8 Å². The lowest BCUT2D eigenvalue weighted by atomic mass is 9.99. The molecule has 1 aliphatic rings. The average Bonchev–Trinajstić information content (AvgIpc) is 2.17. The first-order valence-corrected chi connectivity index (χ1v) is 4.18. The fourth-order valence-electron chi connectivity index (χ4n) is 1.35. The summed E-state index contributed by atoms with van der Waals surface area (Å²) in [7, 11) is 1.39. The van der Waals surface area contributed by atoms with Gasteiger partial charge in [0.15, 0.2) is 5.60 Å². The van der Waals surface area contributed by atoms with Gasteiger partial charge in [-0.15, -0.1) is 12.4 Å². The monoisotopic (exact) mass is 209 g/mol. The van der Waals surface area contributed by atoms with Crippen molar-refractivity contribution in [2.45, 2.75) is 18.9 Å². The van der Waals surface area contributed by atoms with Gasteiger partial charge in [0.1, 0.15) is 0 Å². The van der Waals surface area contributed by atoms with Crippen LogP contribution in [0.15, 0.2) is 0 Å². The van der Waals surface area contributed by atoms with Gasteiger partial charge in [0, 0.05) is 13.1 Å². The Hall–Kier alpha value is -0.320. The Kier molecular flexibility index (Phi) is 5.29. The molecule has 1 saturated heterocycles. The highest BCUT2D eigenvalue weighted by Crippen LogP contribution is 2.19. The molecule has 1 rings (SSSR count). The first kappa shape index (κ1) is 12.7. The summed E-state index contributed by atoms with van der Waals surface area (Å²) in [6.07, 6.45) is 0.646. The maximum Gasteiger partial charge on any atom is 0.339 e. The van der Waals surface area contributed by atoms with Crippen molar-refractivity contribution in [1.29, 1.82) is 0 Å². The Morgan fingerprint density at radius 3 is 2.77 bits per heavy atom. The zero-order valence-corrected chi connectivity index (χ0v) is 8.78. The Balaban J connectivity index is 0.00000144. The van der Waals surface area contributed by atoms with Crippen LogP contribution in [0.4, 0.5) is 0 Å². The van der Waals surface area contributed by atoms with Crippen molar-refractivity contribution in [3.63, 3.8) is 0 Å². The highest BCUT2D eigenvalue weighted by atomic mass is 35.5. The lowest BCUT2D eigenvalue weighted by Crippen LogP contribution is -2.55. The van der Waals surface area contributed by atoms with E-state index in [1.807, 2.05) is 6.92 Å². The Morgan fingerprint density at radius 2 is 2.38 bits per heavy atom. The molecule has 1 aliphatic heterocycles. The third kappa shape index (κ3) is 2.56.